The van der Waals surface area contributed by atoms with Gasteiger partial charge in [-0.05, 0) is 6.92 Å². The quantitative estimate of drug-likeness (QED) is 0.487. The lowest BCUT2D eigenvalue weighted by Gasteiger charge is -2.20. The highest BCUT2D eigenvalue weighted by Gasteiger charge is 2.18. The van der Waals surface area contributed by atoms with E-state index < -0.39 is 0 Å². The Balaban J connectivity index is 0.000000461. The molecule has 0 radical (unpaired) electrons. The van der Waals surface area contributed by atoms with Gasteiger partial charge < -0.3 is 10.6 Å². The van der Waals surface area contributed by atoms with E-state index in [2.05, 4.69) is 10.6 Å². The average molecular weight is 158 g/mol. The Labute approximate surface area is 66.4 Å². The van der Waals surface area contributed by atoms with Crippen LogP contribution < -0.4 is 10.6 Å². The molecule has 1 fully saturated rings. The second-order valence-corrected chi connectivity index (χ2v) is 2.03. The van der Waals surface area contributed by atoms with Gasteiger partial charge in [-0.1, -0.05) is 13.8 Å². The summed E-state index contributed by atoms with van der Waals surface area (Å²) in [5.74, 6) is -0.405. The Hall–Kier alpha value is -1.06. The standard InChI is InChI=1S/C5H8N2O2.C2H6/c1-3-6-4(8)2-5(9)7-3;1-2/h3H,2H2,1H3,(H,6,8)(H,7,9);1-2H3. The molecule has 1 aliphatic heterocycles. The summed E-state index contributed by atoms with van der Waals surface area (Å²) in [5, 5.41) is 5.08. The molecule has 64 valence electrons. The van der Waals surface area contributed by atoms with Crippen LogP contribution >= 0.6 is 0 Å². The Kier molecular flexibility index (Phi) is 4.26. The van der Waals surface area contributed by atoms with Crippen molar-refractivity contribution in [1.29, 1.82) is 0 Å². The van der Waals surface area contributed by atoms with Crippen molar-refractivity contribution >= 4 is 11.8 Å². The number of hydrogen-bond acceptors (Lipinski definition) is 2. The minimum Gasteiger partial charge on any atom is -0.336 e. The molecule has 0 unspecified atom stereocenters. The second-order valence-electron chi connectivity index (χ2n) is 2.03. The molecule has 0 saturated carbocycles. The van der Waals surface area contributed by atoms with E-state index in [0.29, 0.717) is 0 Å². The number of rotatable bonds is 0. The molecule has 0 aliphatic carbocycles. The van der Waals surface area contributed by atoms with Crippen molar-refractivity contribution in [3.63, 3.8) is 0 Å². The van der Waals surface area contributed by atoms with Gasteiger partial charge in [0.05, 0.1) is 6.17 Å². The van der Waals surface area contributed by atoms with Gasteiger partial charge in [0.25, 0.3) is 0 Å². The van der Waals surface area contributed by atoms with Gasteiger partial charge in [-0.15, -0.1) is 0 Å². The van der Waals surface area contributed by atoms with Crippen LogP contribution in [0.3, 0.4) is 0 Å². The molecular weight excluding hydrogens is 144 g/mol. The number of nitrogens with one attached hydrogen (secondary N) is 2. The minimum absolute atomic E-state index is 0.0374. The van der Waals surface area contributed by atoms with Crippen molar-refractivity contribution in [2.45, 2.75) is 33.4 Å². The molecule has 1 rings (SSSR count). The zero-order valence-corrected chi connectivity index (χ0v) is 7.10. The highest BCUT2D eigenvalue weighted by atomic mass is 16.2. The number of amides is 2. The van der Waals surface area contributed by atoms with Crippen molar-refractivity contribution < 1.29 is 9.59 Å². The fourth-order valence-electron chi connectivity index (χ4n) is 0.767. The lowest BCUT2D eigenvalue weighted by atomic mass is 10.3. The molecule has 0 aromatic carbocycles. The van der Waals surface area contributed by atoms with Gasteiger partial charge >= 0.3 is 0 Å². The summed E-state index contributed by atoms with van der Waals surface area (Å²) in [6, 6.07) is 0. The fraction of sp³-hybridized carbons (Fsp3) is 0.714. The maximum atomic E-state index is 10.5. The summed E-state index contributed by atoms with van der Waals surface area (Å²) in [6.45, 7) is 5.72. The molecule has 4 heteroatoms. The van der Waals surface area contributed by atoms with Gasteiger partial charge in [0.2, 0.25) is 11.8 Å². The van der Waals surface area contributed by atoms with Crippen molar-refractivity contribution in [1.82, 2.24) is 10.6 Å². The van der Waals surface area contributed by atoms with Crippen LogP contribution in [0.25, 0.3) is 0 Å². The Bertz CT molecular complexity index is 141. The normalized spacial score (nSPS) is 17.7. The summed E-state index contributed by atoms with van der Waals surface area (Å²) >= 11 is 0. The van der Waals surface area contributed by atoms with Gasteiger partial charge in [-0.25, -0.2) is 0 Å². The van der Waals surface area contributed by atoms with Gasteiger partial charge in [0.1, 0.15) is 6.42 Å². The Morgan fingerprint density at radius 1 is 1.18 bits per heavy atom. The van der Waals surface area contributed by atoms with Crippen LogP contribution in [0.2, 0.25) is 0 Å². The summed E-state index contributed by atoms with van der Waals surface area (Å²) in [4.78, 5) is 21.0. The molecule has 11 heavy (non-hydrogen) atoms. The zero-order chi connectivity index (χ0) is 8.85. The highest BCUT2D eigenvalue weighted by Crippen LogP contribution is 1.89. The number of hydrogen-bond donors (Lipinski definition) is 2. The molecular formula is C7H14N2O2. The van der Waals surface area contributed by atoms with Gasteiger partial charge in [-0.2, -0.15) is 0 Å². The first kappa shape index (κ1) is 9.94. The highest BCUT2D eigenvalue weighted by molar-refractivity contribution is 5.99. The van der Waals surface area contributed by atoms with Crippen LogP contribution in [0.1, 0.15) is 27.2 Å². The van der Waals surface area contributed by atoms with Crippen LogP contribution in [0.15, 0.2) is 0 Å². The Morgan fingerprint density at radius 2 is 1.55 bits per heavy atom. The number of carbonyl (C=O) groups excluding carboxylic acids is 2. The molecule has 0 aromatic heterocycles. The number of carbonyl (C=O) groups is 2. The van der Waals surface area contributed by atoms with Crippen LogP contribution in [-0.4, -0.2) is 18.0 Å². The zero-order valence-electron chi connectivity index (χ0n) is 7.10. The summed E-state index contributed by atoms with van der Waals surface area (Å²) in [6.07, 6.45) is -0.247. The first-order valence-corrected chi connectivity index (χ1v) is 3.77. The smallest absolute Gasteiger partial charge is 0.231 e. The first-order valence-electron chi connectivity index (χ1n) is 3.77. The van der Waals surface area contributed by atoms with Crippen LogP contribution in [0.4, 0.5) is 0 Å². The molecule has 1 saturated heterocycles. The summed E-state index contributed by atoms with van der Waals surface area (Å²) < 4.78 is 0. The molecule has 0 spiro atoms. The van der Waals surface area contributed by atoms with E-state index in [1.54, 1.807) is 6.92 Å². The average Bonchev–Trinajstić information content (AvgIpc) is 1.88. The maximum absolute atomic E-state index is 10.5. The molecule has 2 amide bonds. The lowest BCUT2D eigenvalue weighted by Crippen LogP contribution is -2.52. The third-order valence-electron chi connectivity index (χ3n) is 1.08. The van der Waals surface area contributed by atoms with E-state index >= 15 is 0 Å². The topological polar surface area (TPSA) is 58.2 Å². The van der Waals surface area contributed by atoms with Gasteiger partial charge in [0.15, 0.2) is 0 Å². The maximum Gasteiger partial charge on any atom is 0.231 e. The monoisotopic (exact) mass is 158 g/mol. The molecule has 0 aromatic rings. The van der Waals surface area contributed by atoms with E-state index in [4.69, 9.17) is 0 Å². The van der Waals surface area contributed by atoms with Gasteiger partial charge in [-0.3, -0.25) is 9.59 Å². The van der Waals surface area contributed by atoms with Crippen LogP contribution in [0, 0.1) is 0 Å². The molecule has 1 aliphatic rings. The predicted octanol–water partition coefficient (Wildman–Crippen LogP) is -0.00530. The van der Waals surface area contributed by atoms with Crippen LogP contribution in [0.5, 0.6) is 0 Å². The fourth-order valence-corrected chi connectivity index (χ4v) is 0.767. The first-order chi connectivity index (χ1) is 5.18. The second kappa shape index (κ2) is 4.71. The van der Waals surface area contributed by atoms with E-state index in [-0.39, 0.29) is 24.4 Å². The molecule has 0 bridgehead atoms. The van der Waals surface area contributed by atoms with E-state index in [1.165, 1.54) is 0 Å². The summed E-state index contributed by atoms with van der Waals surface area (Å²) in [5.41, 5.74) is 0. The third-order valence-corrected chi connectivity index (χ3v) is 1.08. The van der Waals surface area contributed by atoms with Crippen molar-refractivity contribution in [3.8, 4) is 0 Å². The predicted molar refractivity (Wildman–Crippen MR) is 41.7 cm³/mol. The van der Waals surface area contributed by atoms with Crippen molar-refractivity contribution in [2.24, 2.45) is 0 Å². The molecule has 1 heterocycles. The van der Waals surface area contributed by atoms with Crippen molar-refractivity contribution in [2.75, 3.05) is 0 Å². The van der Waals surface area contributed by atoms with Gasteiger partial charge in [0, 0.05) is 0 Å². The molecule has 0 atom stereocenters. The SMILES string of the molecule is CC.CC1NC(=O)CC(=O)N1. The third kappa shape index (κ3) is 3.60. The molecule has 4 nitrogen and oxygen atoms in total. The molecule has 2 N–H and O–H groups in total. The van der Waals surface area contributed by atoms with Crippen LogP contribution in [-0.2, 0) is 9.59 Å². The lowest BCUT2D eigenvalue weighted by molar-refractivity contribution is -0.133. The largest absolute Gasteiger partial charge is 0.336 e. The van der Waals surface area contributed by atoms with Crippen molar-refractivity contribution in [3.05, 3.63) is 0 Å². The Morgan fingerprint density at radius 3 is 1.82 bits per heavy atom. The van der Waals surface area contributed by atoms with E-state index in [0.717, 1.165) is 0 Å². The van der Waals surface area contributed by atoms with E-state index in [9.17, 15) is 9.59 Å². The minimum atomic E-state index is -0.209. The summed E-state index contributed by atoms with van der Waals surface area (Å²) in [7, 11) is 0. The van der Waals surface area contributed by atoms with E-state index in [1.807, 2.05) is 13.8 Å².